The number of halogens is 1. The van der Waals surface area contributed by atoms with Gasteiger partial charge in [0.1, 0.15) is 8.07 Å². The van der Waals surface area contributed by atoms with Crippen LogP contribution in [0.1, 0.15) is 11.1 Å². The Kier molecular flexibility index (Phi) is 4.23. The Balaban J connectivity index is 3.21. The fourth-order valence-electron chi connectivity index (χ4n) is 1.25. The minimum atomic E-state index is -1.31. The van der Waals surface area contributed by atoms with Crippen LogP contribution in [0.25, 0.3) is 0 Å². The van der Waals surface area contributed by atoms with Crippen molar-refractivity contribution < 1.29 is 0 Å². The molecule has 0 amide bonds. The summed E-state index contributed by atoms with van der Waals surface area (Å²) in [6.07, 6.45) is 0. The molecule has 0 aliphatic carbocycles. The molecule has 1 rings (SSSR count). The van der Waals surface area contributed by atoms with Crippen molar-refractivity contribution in [2.75, 3.05) is 12.4 Å². The van der Waals surface area contributed by atoms with E-state index >= 15 is 0 Å². The van der Waals surface area contributed by atoms with Gasteiger partial charge in [-0.25, -0.2) is 0 Å². The van der Waals surface area contributed by atoms with E-state index in [0.29, 0.717) is 0 Å². The van der Waals surface area contributed by atoms with Crippen molar-refractivity contribution in [1.82, 2.24) is 0 Å². The molecule has 16 heavy (non-hydrogen) atoms. The Hall–Kier alpha value is -0.723. The number of rotatable bonds is 1. The first kappa shape index (κ1) is 13.3. The molecule has 0 fully saturated rings. The standard InChI is InChI=1S/C13H18BrNSi/c1-10-8-13(15-2)11(9-12(10)14)6-7-16(3,4)5/h8-9,15H,1-5H3. The molecule has 1 aromatic carbocycles. The molecule has 0 aliphatic heterocycles. The minimum absolute atomic E-state index is 1.07. The predicted octanol–water partition coefficient (Wildman–Crippen LogP) is 4.03. The quantitative estimate of drug-likeness (QED) is 0.609. The van der Waals surface area contributed by atoms with E-state index in [1.165, 1.54) is 5.56 Å². The maximum absolute atomic E-state index is 3.55. The summed E-state index contributed by atoms with van der Waals surface area (Å²) in [6, 6.07) is 4.21. The zero-order valence-corrected chi connectivity index (χ0v) is 13.1. The van der Waals surface area contributed by atoms with Crippen LogP contribution in [0.2, 0.25) is 19.6 Å². The largest absolute Gasteiger partial charge is 0.387 e. The Bertz CT molecular complexity index is 449. The average molecular weight is 296 g/mol. The fourth-order valence-corrected chi connectivity index (χ4v) is 2.10. The Labute approximate surface area is 108 Å². The first-order valence-corrected chi connectivity index (χ1v) is 9.64. The lowest BCUT2D eigenvalue weighted by Gasteiger charge is -2.08. The molecule has 0 heterocycles. The maximum atomic E-state index is 3.55. The van der Waals surface area contributed by atoms with Gasteiger partial charge in [-0.05, 0) is 24.6 Å². The lowest BCUT2D eigenvalue weighted by atomic mass is 10.1. The average Bonchev–Trinajstić information content (AvgIpc) is 2.18. The molecule has 0 radical (unpaired) electrons. The van der Waals surface area contributed by atoms with Gasteiger partial charge in [0.05, 0.1) is 0 Å². The second-order valence-electron chi connectivity index (χ2n) is 4.90. The van der Waals surface area contributed by atoms with Crippen molar-refractivity contribution in [3.8, 4) is 11.5 Å². The molecule has 0 unspecified atom stereocenters. The molecule has 0 bridgehead atoms. The van der Waals surface area contributed by atoms with Crippen LogP contribution in [0.15, 0.2) is 16.6 Å². The van der Waals surface area contributed by atoms with E-state index in [0.717, 1.165) is 15.7 Å². The van der Waals surface area contributed by atoms with Crippen LogP contribution in [0.5, 0.6) is 0 Å². The second-order valence-corrected chi connectivity index (χ2v) is 10.5. The van der Waals surface area contributed by atoms with Gasteiger partial charge in [0.25, 0.3) is 0 Å². The SMILES string of the molecule is CNc1cc(C)c(Br)cc1C#C[Si](C)(C)C. The molecule has 86 valence electrons. The highest BCUT2D eigenvalue weighted by molar-refractivity contribution is 9.10. The van der Waals surface area contributed by atoms with E-state index in [1.807, 2.05) is 7.05 Å². The van der Waals surface area contributed by atoms with Crippen LogP contribution >= 0.6 is 15.9 Å². The molecule has 0 aromatic heterocycles. The molecule has 1 aromatic rings. The molecule has 0 spiro atoms. The Morgan fingerprint density at radius 1 is 1.25 bits per heavy atom. The summed E-state index contributed by atoms with van der Waals surface area (Å²) >= 11 is 3.55. The summed E-state index contributed by atoms with van der Waals surface area (Å²) in [6.45, 7) is 8.84. The van der Waals surface area contributed by atoms with Crippen LogP contribution in [-0.4, -0.2) is 15.1 Å². The van der Waals surface area contributed by atoms with E-state index in [4.69, 9.17) is 0 Å². The maximum Gasteiger partial charge on any atom is 0.129 e. The highest BCUT2D eigenvalue weighted by Crippen LogP contribution is 2.24. The fraction of sp³-hybridized carbons (Fsp3) is 0.385. The van der Waals surface area contributed by atoms with Crippen LogP contribution in [-0.2, 0) is 0 Å². The topological polar surface area (TPSA) is 12.0 Å². The zero-order chi connectivity index (χ0) is 12.3. The van der Waals surface area contributed by atoms with Crippen molar-refractivity contribution in [2.45, 2.75) is 26.6 Å². The van der Waals surface area contributed by atoms with E-state index in [-0.39, 0.29) is 0 Å². The van der Waals surface area contributed by atoms with Gasteiger partial charge in [-0.3, -0.25) is 0 Å². The lowest BCUT2D eigenvalue weighted by molar-refractivity contribution is 1.38. The summed E-state index contributed by atoms with van der Waals surface area (Å²) in [5.74, 6) is 3.29. The summed E-state index contributed by atoms with van der Waals surface area (Å²) in [4.78, 5) is 0. The van der Waals surface area contributed by atoms with Gasteiger partial charge in [-0.15, -0.1) is 5.54 Å². The molecule has 0 aliphatic rings. The summed E-state index contributed by atoms with van der Waals surface area (Å²) in [5.41, 5.74) is 6.79. The van der Waals surface area contributed by atoms with E-state index in [9.17, 15) is 0 Å². The van der Waals surface area contributed by atoms with Crippen molar-refractivity contribution in [3.05, 3.63) is 27.7 Å². The van der Waals surface area contributed by atoms with Crippen LogP contribution in [0.4, 0.5) is 5.69 Å². The van der Waals surface area contributed by atoms with E-state index < -0.39 is 8.07 Å². The number of benzene rings is 1. The first-order chi connectivity index (χ1) is 7.33. The third kappa shape index (κ3) is 3.69. The highest BCUT2D eigenvalue weighted by Gasteiger charge is 2.08. The third-order valence-electron chi connectivity index (χ3n) is 2.14. The van der Waals surface area contributed by atoms with E-state index in [2.05, 4.69) is 71.4 Å². The summed E-state index contributed by atoms with van der Waals surface area (Å²) in [5, 5.41) is 3.19. The molecule has 3 heteroatoms. The van der Waals surface area contributed by atoms with E-state index in [1.54, 1.807) is 0 Å². The van der Waals surface area contributed by atoms with Gasteiger partial charge < -0.3 is 5.32 Å². The van der Waals surface area contributed by atoms with Crippen LogP contribution in [0, 0.1) is 18.4 Å². The van der Waals surface area contributed by atoms with Gasteiger partial charge in [0, 0.05) is 22.8 Å². The van der Waals surface area contributed by atoms with Gasteiger partial charge in [-0.2, -0.15) is 0 Å². The first-order valence-electron chi connectivity index (χ1n) is 5.34. The van der Waals surface area contributed by atoms with Crippen LogP contribution < -0.4 is 5.32 Å². The summed E-state index contributed by atoms with van der Waals surface area (Å²) < 4.78 is 1.12. The second kappa shape index (κ2) is 5.07. The smallest absolute Gasteiger partial charge is 0.129 e. The molecule has 0 atom stereocenters. The number of aryl methyl sites for hydroxylation is 1. The molecule has 1 N–H and O–H groups in total. The molecule has 0 saturated heterocycles. The molecular formula is C13H18BrNSi. The Morgan fingerprint density at radius 2 is 1.88 bits per heavy atom. The highest BCUT2D eigenvalue weighted by atomic mass is 79.9. The van der Waals surface area contributed by atoms with Gasteiger partial charge in [0.2, 0.25) is 0 Å². The number of hydrogen-bond acceptors (Lipinski definition) is 1. The normalized spacial score (nSPS) is 10.6. The van der Waals surface area contributed by atoms with Crippen molar-refractivity contribution >= 4 is 29.7 Å². The van der Waals surface area contributed by atoms with Gasteiger partial charge in [0.15, 0.2) is 0 Å². The number of anilines is 1. The van der Waals surface area contributed by atoms with Gasteiger partial charge in [-0.1, -0.05) is 41.5 Å². The number of hydrogen-bond donors (Lipinski definition) is 1. The zero-order valence-electron chi connectivity index (χ0n) is 10.5. The predicted molar refractivity (Wildman–Crippen MR) is 78.6 cm³/mol. The van der Waals surface area contributed by atoms with Crippen molar-refractivity contribution in [2.24, 2.45) is 0 Å². The van der Waals surface area contributed by atoms with Crippen LogP contribution in [0.3, 0.4) is 0 Å². The Morgan fingerprint density at radius 3 is 2.38 bits per heavy atom. The molecular weight excluding hydrogens is 278 g/mol. The minimum Gasteiger partial charge on any atom is -0.387 e. The monoisotopic (exact) mass is 295 g/mol. The molecule has 1 nitrogen and oxygen atoms in total. The van der Waals surface area contributed by atoms with Crippen molar-refractivity contribution in [3.63, 3.8) is 0 Å². The van der Waals surface area contributed by atoms with Crippen molar-refractivity contribution in [1.29, 1.82) is 0 Å². The third-order valence-corrected chi connectivity index (χ3v) is 3.87. The molecule has 0 saturated carbocycles. The van der Waals surface area contributed by atoms with Gasteiger partial charge >= 0.3 is 0 Å². The lowest BCUT2D eigenvalue weighted by Crippen LogP contribution is -2.16. The summed E-state index contributed by atoms with van der Waals surface area (Å²) in [7, 11) is 0.622. The number of nitrogens with one attached hydrogen (secondary N) is 1.